The average Bonchev–Trinajstić information content (AvgIpc) is 2.56. The highest BCUT2D eigenvalue weighted by atomic mass is 16.5. The maximum Gasteiger partial charge on any atom is 0.118 e. The lowest BCUT2D eigenvalue weighted by Gasteiger charge is -2.40. The maximum atomic E-state index is 6.42. The zero-order chi connectivity index (χ0) is 15.2. The minimum absolute atomic E-state index is 0.131. The molecule has 0 aromatic heterocycles. The van der Waals surface area contributed by atoms with Gasteiger partial charge in [-0.1, -0.05) is 19.1 Å². The average molecular weight is 292 g/mol. The Bertz CT molecular complexity index is 415. The molecule has 0 aliphatic carbocycles. The third kappa shape index (κ3) is 3.96. The Morgan fingerprint density at radius 3 is 2.43 bits per heavy atom. The molecule has 2 unspecified atom stereocenters. The molecule has 4 nitrogen and oxygen atoms in total. The summed E-state index contributed by atoms with van der Waals surface area (Å²) < 4.78 is 10.7. The molecule has 2 atom stereocenters. The summed E-state index contributed by atoms with van der Waals surface area (Å²) >= 11 is 0. The van der Waals surface area contributed by atoms with Crippen molar-refractivity contribution in [3.8, 4) is 5.75 Å². The van der Waals surface area contributed by atoms with E-state index in [0.717, 1.165) is 38.2 Å². The van der Waals surface area contributed by atoms with Gasteiger partial charge in [-0.2, -0.15) is 0 Å². The molecular formula is C17H28N2O2. The molecule has 1 aromatic rings. The first kappa shape index (κ1) is 16.3. The SMILES string of the molecule is CCC(N)C(c1ccc(OC)cc1)N(C)C1CCOCC1. The third-order valence-electron chi connectivity index (χ3n) is 4.54. The van der Waals surface area contributed by atoms with Crippen LogP contribution in [-0.2, 0) is 4.74 Å². The minimum Gasteiger partial charge on any atom is -0.497 e. The summed E-state index contributed by atoms with van der Waals surface area (Å²) in [5, 5.41) is 0. The van der Waals surface area contributed by atoms with Gasteiger partial charge >= 0.3 is 0 Å². The highest BCUT2D eigenvalue weighted by Gasteiger charge is 2.29. The Kier molecular flexibility index (Phi) is 6.03. The molecular weight excluding hydrogens is 264 g/mol. The van der Waals surface area contributed by atoms with Crippen molar-refractivity contribution >= 4 is 0 Å². The van der Waals surface area contributed by atoms with Crippen molar-refractivity contribution in [2.75, 3.05) is 27.4 Å². The fraction of sp³-hybridized carbons (Fsp3) is 0.647. The van der Waals surface area contributed by atoms with Crippen LogP contribution in [0.2, 0.25) is 0 Å². The van der Waals surface area contributed by atoms with Crippen LogP contribution in [-0.4, -0.2) is 44.4 Å². The Balaban J connectivity index is 2.19. The number of methoxy groups -OCH3 is 1. The van der Waals surface area contributed by atoms with Gasteiger partial charge in [-0.25, -0.2) is 0 Å². The zero-order valence-electron chi connectivity index (χ0n) is 13.4. The van der Waals surface area contributed by atoms with E-state index < -0.39 is 0 Å². The Hall–Kier alpha value is -1.10. The number of nitrogens with zero attached hydrogens (tertiary/aromatic N) is 1. The quantitative estimate of drug-likeness (QED) is 0.875. The molecule has 0 bridgehead atoms. The normalized spacial score (nSPS) is 19.5. The van der Waals surface area contributed by atoms with Crippen LogP contribution < -0.4 is 10.5 Å². The molecule has 21 heavy (non-hydrogen) atoms. The van der Waals surface area contributed by atoms with Gasteiger partial charge in [-0.15, -0.1) is 0 Å². The summed E-state index contributed by atoms with van der Waals surface area (Å²) in [6, 6.07) is 9.22. The lowest BCUT2D eigenvalue weighted by atomic mass is 9.93. The predicted molar refractivity (Wildman–Crippen MR) is 85.6 cm³/mol. The van der Waals surface area contributed by atoms with Crippen molar-refractivity contribution in [1.29, 1.82) is 0 Å². The van der Waals surface area contributed by atoms with Crippen molar-refractivity contribution in [3.63, 3.8) is 0 Å². The molecule has 2 N–H and O–H groups in total. The van der Waals surface area contributed by atoms with E-state index in [1.165, 1.54) is 5.56 Å². The second-order valence-corrected chi connectivity index (χ2v) is 5.80. The maximum absolute atomic E-state index is 6.42. The van der Waals surface area contributed by atoms with Gasteiger partial charge in [-0.05, 0) is 44.0 Å². The summed E-state index contributed by atoms with van der Waals surface area (Å²) in [7, 11) is 3.89. The molecule has 2 rings (SSSR count). The molecule has 1 fully saturated rings. The van der Waals surface area contributed by atoms with Crippen molar-refractivity contribution in [2.24, 2.45) is 5.73 Å². The van der Waals surface area contributed by atoms with Crippen molar-refractivity contribution in [2.45, 2.75) is 44.3 Å². The highest BCUT2D eigenvalue weighted by Crippen LogP contribution is 2.29. The van der Waals surface area contributed by atoms with E-state index in [4.69, 9.17) is 15.2 Å². The number of nitrogens with two attached hydrogens (primary N) is 1. The lowest BCUT2D eigenvalue weighted by molar-refractivity contribution is 0.0233. The fourth-order valence-corrected chi connectivity index (χ4v) is 3.13. The van der Waals surface area contributed by atoms with Gasteiger partial charge in [0.05, 0.1) is 7.11 Å². The smallest absolute Gasteiger partial charge is 0.118 e. The zero-order valence-corrected chi connectivity index (χ0v) is 13.4. The first-order valence-corrected chi connectivity index (χ1v) is 7.86. The van der Waals surface area contributed by atoms with Gasteiger partial charge in [0.15, 0.2) is 0 Å². The Morgan fingerprint density at radius 1 is 1.29 bits per heavy atom. The molecule has 0 amide bonds. The van der Waals surface area contributed by atoms with Gasteiger partial charge in [0.25, 0.3) is 0 Å². The molecule has 0 saturated carbocycles. The van der Waals surface area contributed by atoms with E-state index in [0.29, 0.717) is 6.04 Å². The largest absolute Gasteiger partial charge is 0.497 e. The molecule has 4 heteroatoms. The second kappa shape index (κ2) is 7.78. The monoisotopic (exact) mass is 292 g/mol. The van der Waals surface area contributed by atoms with Crippen LogP contribution in [0.25, 0.3) is 0 Å². The molecule has 0 spiro atoms. The molecule has 1 saturated heterocycles. The summed E-state index contributed by atoms with van der Waals surface area (Å²) in [6.07, 6.45) is 3.13. The molecule has 1 aliphatic heterocycles. The van der Waals surface area contributed by atoms with Gasteiger partial charge in [0, 0.05) is 31.3 Å². The van der Waals surface area contributed by atoms with Crippen LogP contribution in [0, 0.1) is 0 Å². The van der Waals surface area contributed by atoms with Gasteiger partial charge in [0.1, 0.15) is 5.75 Å². The van der Waals surface area contributed by atoms with Gasteiger partial charge < -0.3 is 15.2 Å². The summed E-state index contributed by atoms with van der Waals surface area (Å²) in [5.41, 5.74) is 7.69. The first-order valence-electron chi connectivity index (χ1n) is 7.86. The van der Waals surface area contributed by atoms with Crippen LogP contribution >= 0.6 is 0 Å². The number of benzene rings is 1. The van der Waals surface area contributed by atoms with E-state index in [2.05, 4.69) is 31.0 Å². The van der Waals surface area contributed by atoms with Crippen LogP contribution in [0.4, 0.5) is 0 Å². The van der Waals surface area contributed by atoms with E-state index in [1.54, 1.807) is 7.11 Å². The number of likely N-dealkylation sites (N-methyl/N-ethyl adjacent to an activating group) is 1. The molecule has 1 aliphatic rings. The van der Waals surface area contributed by atoms with Crippen molar-refractivity contribution in [3.05, 3.63) is 29.8 Å². The van der Waals surface area contributed by atoms with Crippen molar-refractivity contribution in [1.82, 2.24) is 4.90 Å². The predicted octanol–water partition coefficient (Wildman–Crippen LogP) is 2.58. The van der Waals surface area contributed by atoms with Gasteiger partial charge in [-0.3, -0.25) is 4.90 Å². The van der Waals surface area contributed by atoms with E-state index >= 15 is 0 Å². The Morgan fingerprint density at radius 2 is 1.90 bits per heavy atom. The number of rotatable bonds is 6. The summed E-state index contributed by atoms with van der Waals surface area (Å²) in [5.74, 6) is 0.885. The van der Waals surface area contributed by atoms with E-state index in [9.17, 15) is 0 Å². The topological polar surface area (TPSA) is 47.7 Å². The van der Waals surface area contributed by atoms with Crippen molar-refractivity contribution < 1.29 is 9.47 Å². The summed E-state index contributed by atoms with van der Waals surface area (Å²) in [6.45, 7) is 3.86. The first-order chi connectivity index (χ1) is 10.2. The number of hydrogen-bond acceptors (Lipinski definition) is 4. The third-order valence-corrected chi connectivity index (χ3v) is 4.54. The summed E-state index contributed by atoms with van der Waals surface area (Å²) in [4.78, 5) is 2.44. The van der Waals surface area contributed by atoms with E-state index in [-0.39, 0.29) is 12.1 Å². The standard InChI is InChI=1S/C17H28N2O2/c1-4-16(18)17(13-5-7-15(20-3)8-6-13)19(2)14-9-11-21-12-10-14/h5-8,14,16-17H,4,9-12,18H2,1-3H3. The molecule has 1 aromatic carbocycles. The lowest BCUT2D eigenvalue weighted by Crippen LogP contribution is -2.45. The molecule has 0 radical (unpaired) electrons. The Labute approximate surface area is 128 Å². The van der Waals surface area contributed by atoms with Crippen LogP contribution in [0.5, 0.6) is 5.75 Å². The van der Waals surface area contributed by atoms with Crippen LogP contribution in [0.3, 0.4) is 0 Å². The van der Waals surface area contributed by atoms with Gasteiger partial charge in [0.2, 0.25) is 0 Å². The highest BCUT2D eigenvalue weighted by molar-refractivity contribution is 5.30. The second-order valence-electron chi connectivity index (χ2n) is 5.80. The molecule has 118 valence electrons. The van der Waals surface area contributed by atoms with Crippen LogP contribution in [0.15, 0.2) is 24.3 Å². The minimum atomic E-state index is 0.131. The number of ether oxygens (including phenoxy) is 2. The number of hydrogen-bond donors (Lipinski definition) is 1. The molecule has 1 heterocycles. The van der Waals surface area contributed by atoms with Crippen LogP contribution in [0.1, 0.15) is 37.8 Å². The fourth-order valence-electron chi connectivity index (χ4n) is 3.13. The van der Waals surface area contributed by atoms with E-state index in [1.807, 2.05) is 12.1 Å².